The van der Waals surface area contributed by atoms with Crippen LogP contribution in [-0.4, -0.2) is 70.0 Å². The van der Waals surface area contributed by atoms with Crippen LogP contribution < -0.4 is 4.89 Å². The Bertz CT molecular complexity index is 2340. The van der Waals surface area contributed by atoms with Crippen LogP contribution >= 0.6 is 7.82 Å². The first kappa shape index (κ1) is 97.4. The molecule has 10 heteroatoms. The Balaban J connectivity index is 3.97. The van der Waals surface area contributed by atoms with Crippen LogP contribution in [0.15, 0.2) is 170 Å². The molecule has 0 aliphatic heterocycles. The molecule has 0 aromatic rings. The van der Waals surface area contributed by atoms with Crippen molar-refractivity contribution in [3.63, 3.8) is 0 Å². The first-order valence-corrected chi connectivity index (χ1v) is 43.3. The first-order chi connectivity index (χ1) is 50.0. The number of ether oxygens (including phenoxy) is 2. The molecule has 0 spiro atoms. The van der Waals surface area contributed by atoms with E-state index in [1.54, 1.807) is 0 Å². The summed E-state index contributed by atoms with van der Waals surface area (Å²) in [6.45, 7) is 4.03. The fraction of sp³-hybridized carbons (Fsp3) is 0.674. The SMILES string of the molecule is CC/C=C\C/C=C\C/C=C\C/C=C\C/C=C\C/C=C\C/C=C\C/C=C\CCCCCCCCCCCCCCC(=O)OC(COC(=O)CCCCCCCCCCCCCCCCCCCCCCCC/C=C\C/C=C\C/C=C\C/C=C\C/C=C\C/C=C\CC)COP(=O)([O-])OCC[N+](C)(C)C. The Morgan fingerprint density at radius 3 is 0.784 bits per heavy atom. The molecule has 0 amide bonds. The third kappa shape index (κ3) is 84.3. The van der Waals surface area contributed by atoms with Crippen molar-refractivity contribution in [2.24, 2.45) is 0 Å². The Morgan fingerprint density at radius 2 is 0.529 bits per heavy atom. The largest absolute Gasteiger partial charge is 0.756 e. The lowest BCUT2D eigenvalue weighted by Gasteiger charge is -2.28. The molecular formula is C92H156NO8P. The van der Waals surface area contributed by atoms with Gasteiger partial charge in [-0.15, -0.1) is 0 Å². The minimum atomic E-state index is -4.66. The van der Waals surface area contributed by atoms with Gasteiger partial charge in [0, 0.05) is 12.8 Å². The fourth-order valence-electron chi connectivity index (χ4n) is 11.4. The van der Waals surface area contributed by atoms with Gasteiger partial charge in [0.2, 0.25) is 0 Å². The molecule has 2 unspecified atom stereocenters. The van der Waals surface area contributed by atoms with E-state index in [9.17, 15) is 19.0 Å². The molecule has 9 nitrogen and oxygen atoms in total. The number of likely N-dealkylation sites (N-methyl/N-ethyl adjacent to an activating group) is 1. The third-order valence-electron chi connectivity index (χ3n) is 17.7. The van der Waals surface area contributed by atoms with Gasteiger partial charge in [0.1, 0.15) is 19.8 Å². The molecule has 0 aromatic heterocycles. The Hall–Kier alpha value is -4.63. The monoisotopic (exact) mass is 1430 g/mol. The number of allylic oxidation sites excluding steroid dienone is 28. The second-order valence-corrected chi connectivity index (χ2v) is 30.1. The molecule has 0 heterocycles. The van der Waals surface area contributed by atoms with Gasteiger partial charge in [0.15, 0.2) is 6.10 Å². The molecule has 0 aromatic carbocycles. The Labute approximate surface area is 629 Å². The summed E-state index contributed by atoms with van der Waals surface area (Å²) in [6, 6.07) is 0. The van der Waals surface area contributed by atoms with Crippen LogP contribution in [0.1, 0.15) is 348 Å². The molecule has 0 aliphatic carbocycles. The van der Waals surface area contributed by atoms with Crippen molar-refractivity contribution in [1.82, 2.24) is 0 Å². The summed E-state index contributed by atoms with van der Waals surface area (Å²) in [5.41, 5.74) is 0. The summed E-state index contributed by atoms with van der Waals surface area (Å²) >= 11 is 0. The van der Waals surface area contributed by atoms with Gasteiger partial charge in [-0.05, 0) is 128 Å². The number of carbonyl (C=O) groups is 2. The lowest BCUT2D eigenvalue weighted by molar-refractivity contribution is -0.870. The van der Waals surface area contributed by atoms with Crippen LogP contribution in [0.3, 0.4) is 0 Å². The van der Waals surface area contributed by atoms with Crippen LogP contribution in [0, 0.1) is 0 Å². The maximum atomic E-state index is 12.9. The van der Waals surface area contributed by atoms with Crippen molar-refractivity contribution >= 4 is 19.8 Å². The lowest BCUT2D eigenvalue weighted by atomic mass is 10.0. The number of rotatable bonds is 76. The van der Waals surface area contributed by atoms with Crippen molar-refractivity contribution in [1.29, 1.82) is 0 Å². The number of carbonyl (C=O) groups excluding carboxylic acids is 2. The summed E-state index contributed by atoms with van der Waals surface area (Å²) in [5, 5.41) is 0. The van der Waals surface area contributed by atoms with Gasteiger partial charge in [-0.1, -0.05) is 377 Å². The molecule has 0 fully saturated rings. The summed E-state index contributed by atoms with van der Waals surface area (Å²) < 4.78 is 34.4. The molecule has 582 valence electrons. The topological polar surface area (TPSA) is 111 Å². The van der Waals surface area contributed by atoms with E-state index >= 15 is 0 Å². The smallest absolute Gasteiger partial charge is 0.306 e. The summed E-state index contributed by atoms with van der Waals surface area (Å²) in [7, 11) is 1.16. The molecular weight excluding hydrogens is 1280 g/mol. The maximum Gasteiger partial charge on any atom is 0.306 e. The number of phosphoric ester groups is 1. The van der Waals surface area contributed by atoms with Gasteiger partial charge >= 0.3 is 11.9 Å². The lowest BCUT2D eigenvalue weighted by Crippen LogP contribution is -2.37. The fourth-order valence-corrected chi connectivity index (χ4v) is 12.2. The van der Waals surface area contributed by atoms with Gasteiger partial charge in [-0.2, -0.15) is 0 Å². The van der Waals surface area contributed by atoms with Crippen molar-refractivity contribution < 1.29 is 42.1 Å². The van der Waals surface area contributed by atoms with E-state index < -0.39 is 26.5 Å². The van der Waals surface area contributed by atoms with E-state index in [0.29, 0.717) is 17.4 Å². The van der Waals surface area contributed by atoms with Gasteiger partial charge in [0.05, 0.1) is 27.7 Å². The third-order valence-corrected chi connectivity index (χ3v) is 18.7. The van der Waals surface area contributed by atoms with Gasteiger partial charge in [-0.3, -0.25) is 14.2 Å². The van der Waals surface area contributed by atoms with E-state index in [2.05, 4.69) is 184 Å². The zero-order valence-electron chi connectivity index (χ0n) is 66.5. The Kier molecular flexibility index (Phi) is 76.8. The second kappa shape index (κ2) is 80.5. The highest BCUT2D eigenvalue weighted by atomic mass is 31.2. The molecule has 0 saturated heterocycles. The van der Waals surface area contributed by atoms with Crippen LogP contribution in [0.4, 0.5) is 0 Å². The van der Waals surface area contributed by atoms with Crippen molar-refractivity contribution in [3.8, 4) is 0 Å². The normalized spacial score (nSPS) is 13.9. The molecule has 0 bridgehead atoms. The van der Waals surface area contributed by atoms with Gasteiger partial charge in [0.25, 0.3) is 7.82 Å². The highest BCUT2D eigenvalue weighted by molar-refractivity contribution is 7.45. The number of hydrogen-bond acceptors (Lipinski definition) is 8. The van der Waals surface area contributed by atoms with E-state index in [1.165, 1.54) is 186 Å². The van der Waals surface area contributed by atoms with Crippen molar-refractivity contribution in [2.45, 2.75) is 354 Å². The molecule has 0 aliphatic rings. The van der Waals surface area contributed by atoms with E-state index in [1.807, 2.05) is 21.1 Å². The van der Waals surface area contributed by atoms with Crippen LogP contribution in [0.25, 0.3) is 0 Å². The van der Waals surface area contributed by atoms with Gasteiger partial charge in [-0.25, -0.2) is 0 Å². The molecule has 0 N–H and O–H groups in total. The number of unbranched alkanes of at least 4 members (excludes halogenated alkanes) is 34. The average molecular weight is 1440 g/mol. The van der Waals surface area contributed by atoms with E-state index in [0.717, 1.165) is 128 Å². The van der Waals surface area contributed by atoms with Crippen molar-refractivity contribution in [2.75, 3.05) is 47.5 Å². The Morgan fingerprint density at radius 1 is 0.304 bits per heavy atom. The van der Waals surface area contributed by atoms with Crippen LogP contribution in [-0.2, 0) is 32.7 Å². The first-order valence-electron chi connectivity index (χ1n) is 41.8. The maximum absolute atomic E-state index is 12.9. The zero-order valence-corrected chi connectivity index (χ0v) is 67.4. The number of esters is 2. The molecule has 2 atom stereocenters. The summed E-state index contributed by atoms with van der Waals surface area (Å²) in [4.78, 5) is 38.2. The molecule has 102 heavy (non-hydrogen) atoms. The number of quaternary nitrogens is 1. The quantitative estimate of drug-likeness (QED) is 0.0195. The summed E-state index contributed by atoms with van der Waals surface area (Å²) in [6.07, 6.45) is 122. The van der Waals surface area contributed by atoms with Crippen molar-refractivity contribution in [3.05, 3.63) is 170 Å². The predicted octanol–water partition coefficient (Wildman–Crippen LogP) is 27.8. The number of nitrogens with zero attached hydrogens (tertiary/aromatic N) is 1. The highest BCUT2D eigenvalue weighted by Crippen LogP contribution is 2.38. The second-order valence-electron chi connectivity index (χ2n) is 28.7. The highest BCUT2D eigenvalue weighted by Gasteiger charge is 2.22. The van der Waals surface area contributed by atoms with Crippen LogP contribution in [0.2, 0.25) is 0 Å². The number of phosphoric acid groups is 1. The van der Waals surface area contributed by atoms with E-state index in [4.69, 9.17) is 18.5 Å². The molecule has 0 saturated carbocycles. The average Bonchev–Trinajstić information content (AvgIpc) is 0.913. The molecule has 0 radical (unpaired) electrons. The summed E-state index contributed by atoms with van der Waals surface area (Å²) in [5.74, 6) is -0.830. The zero-order chi connectivity index (χ0) is 74.0. The standard InChI is InChI=1S/C92H156NO8P/c1-6-8-10-12-14-16-18-20-22-24-26-28-30-32-34-36-38-40-42-44-45-46-47-49-50-52-54-56-58-60-62-64-66-68-70-72-74-76-78-80-82-84-91(94)98-88-90(89-100-102(96,97)99-87-86-93(3,4)5)101-92(95)85-83-81-79-77-75-73-71-69-67-65-63-61-59-57-55-53-51-48-43-41-39-37-35-33-31-29-27-25-23-21-19-17-15-13-11-9-7-2/h8-11,14-17,20-23,26-29,32-35,38-41,48,51,55,57,90H,6-7,12-13,18-19,24-25,30-31,36-37,42-47,49-50,52-54,56,58-89H2,1-5H3/b10-8-,11-9-,16-14-,17-15-,22-20-,23-21-,28-26-,29-27-,34-32-,35-33-,40-38-,41-39-,51-48-,57-55-. The minimum Gasteiger partial charge on any atom is -0.756 e. The molecule has 0 rings (SSSR count). The van der Waals surface area contributed by atoms with E-state index in [-0.39, 0.29) is 32.0 Å². The van der Waals surface area contributed by atoms with Gasteiger partial charge < -0.3 is 27.9 Å². The number of hydrogen-bond donors (Lipinski definition) is 0. The van der Waals surface area contributed by atoms with Crippen LogP contribution in [0.5, 0.6) is 0 Å². The predicted molar refractivity (Wildman–Crippen MR) is 443 cm³/mol. The minimum absolute atomic E-state index is 0.0360.